The quantitative estimate of drug-likeness (QED) is 0.683. The van der Waals surface area contributed by atoms with E-state index in [-0.39, 0.29) is 11.2 Å². The minimum absolute atomic E-state index is 0.174. The zero-order valence-electron chi connectivity index (χ0n) is 9.68. The van der Waals surface area contributed by atoms with E-state index < -0.39 is 0 Å². The highest BCUT2D eigenvalue weighted by molar-refractivity contribution is 6.19. The molecule has 1 aromatic carbocycles. The first-order chi connectivity index (χ1) is 9.16. The van der Waals surface area contributed by atoms with Crippen LogP contribution in [0, 0.1) is 5.82 Å². The Hall–Kier alpha value is -2.20. The summed E-state index contributed by atoms with van der Waals surface area (Å²) in [6, 6.07) is 7.37. The Morgan fingerprint density at radius 2 is 1.89 bits per heavy atom. The predicted molar refractivity (Wildman–Crippen MR) is 72.6 cm³/mol. The summed E-state index contributed by atoms with van der Waals surface area (Å²) in [6.45, 7) is 0. The molecule has 3 rings (SSSR count). The van der Waals surface area contributed by atoms with Gasteiger partial charge in [-0.3, -0.25) is 13.9 Å². The molecule has 94 valence electrons. The maximum absolute atomic E-state index is 12.9. The lowest BCUT2D eigenvalue weighted by atomic mass is 10.1. The molecule has 0 fully saturated rings. The number of hydrogen-bond acceptors (Lipinski definition) is 2. The van der Waals surface area contributed by atoms with E-state index in [9.17, 15) is 9.18 Å². The van der Waals surface area contributed by atoms with Crippen LogP contribution in [0.4, 0.5) is 4.39 Å². The molecule has 0 amide bonds. The summed E-state index contributed by atoms with van der Waals surface area (Å²) >= 11 is 6.09. The Morgan fingerprint density at radius 1 is 1.16 bits per heavy atom. The van der Waals surface area contributed by atoms with Crippen molar-refractivity contribution in [3.05, 3.63) is 65.0 Å². The van der Waals surface area contributed by atoms with Gasteiger partial charge in [0.2, 0.25) is 0 Å². The maximum atomic E-state index is 12.9. The van der Waals surface area contributed by atoms with Crippen molar-refractivity contribution in [1.29, 1.82) is 0 Å². The first kappa shape index (κ1) is 11.9. The van der Waals surface area contributed by atoms with Gasteiger partial charge in [-0.15, -0.1) is 0 Å². The SMILES string of the molecule is O=c1c(-c2ccc(F)cc2)cn(Cl)c2ccncc12. The van der Waals surface area contributed by atoms with Crippen LogP contribution in [0.25, 0.3) is 22.0 Å². The molecule has 0 atom stereocenters. The van der Waals surface area contributed by atoms with Crippen LogP contribution < -0.4 is 5.43 Å². The first-order valence-electron chi connectivity index (χ1n) is 5.58. The second-order valence-corrected chi connectivity index (χ2v) is 4.45. The molecule has 0 spiro atoms. The summed E-state index contributed by atoms with van der Waals surface area (Å²) in [4.78, 5) is 16.3. The zero-order chi connectivity index (χ0) is 13.4. The Kier molecular flexibility index (Phi) is 2.80. The van der Waals surface area contributed by atoms with Crippen molar-refractivity contribution in [3.63, 3.8) is 0 Å². The third-order valence-corrected chi connectivity index (χ3v) is 3.19. The van der Waals surface area contributed by atoms with Gasteiger partial charge < -0.3 is 0 Å². The topological polar surface area (TPSA) is 34.9 Å². The van der Waals surface area contributed by atoms with Crippen LogP contribution in [0.5, 0.6) is 0 Å². The van der Waals surface area contributed by atoms with Crippen molar-refractivity contribution in [2.45, 2.75) is 0 Å². The fraction of sp³-hybridized carbons (Fsp3) is 0. The third kappa shape index (κ3) is 2.00. The van der Waals surface area contributed by atoms with Gasteiger partial charge in [0.1, 0.15) is 5.82 Å². The van der Waals surface area contributed by atoms with E-state index in [1.807, 2.05) is 0 Å². The van der Waals surface area contributed by atoms with E-state index in [1.54, 1.807) is 24.4 Å². The number of halogens is 2. The average Bonchev–Trinajstić information content (AvgIpc) is 2.44. The highest BCUT2D eigenvalue weighted by Gasteiger charge is 2.10. The van der Waals surface area contributed by atoms with Gasteiger partial charge in [-0.2, -0.15) is 0 Å². The molecule has 19 heavy (non-hydrogen) atoms. The van der Waals surface area contributed by atoms with Gasteiger partial charge in [0.05, 0.1) is 10.9 Å². The summed E-state index contributed by atoms with van der Waals surface area (Å²) in [5.74, 6) is -0.350. The average molecular weight is 275 g/mol. The third-order valence-electron chi connectivity index (χ3n) is 2.92. The number of pyridine rings is 2. The lowest BCUT2D eigenvalue weighted by molar-refractivity contribution is 0.628. The van der Waals surface area contributed by atoms with E-state index in [2.05, 4.69) is 4.98 Å². The van der Waals surface area contributed by atoms with Gasteiger partial charge >= 0.3 is 0 Å². The fourth-order valence-electron chi connectivity index (χ4n) is 1.97. The number of hydrogen-bond donors (Lipinski definition) is 0. The van der Waals surface area contributed by atoms with Crippen molar-refractivity contribution in [1.82, 2.24) is 9.07 Å². The van der Waals surface area contributed by atoms with Crippen molar-refractivity contribution in [2.75, 3.05) is 0 Å². The minimum Gasteiger partial charge on any atom is -0.288 e. The molecule has 2 aromatic heterocycles. The largest absolute Gasteiger partial charge is 0.288 e. The smallest absolute Gasteiger partial charge is 0.198 e. The van der Waals surface area contributed by atoms with Crippen molar-refractivity contribution in [2.24, 2.45) is 0 Å². The molecular formula is C14H8ClFN2O. The molecular weight excluding hydrogens is 267 g/mol. The normalized spacial score (nSPS) is 10.8. The first-order valence-corrected chi connectivity index (χ1v) is 5.92. The zero-order valence-corrected chi connectivity index (χ0v) is 10.4. The maximum Gasteiger partial charge on any atom is 0.198 e. The van der Waals surface area contributed by atoms with E-state index >= 15 is 0 Å². The number of fused-ring (bicyclic) bond motifs is 1. The van der Waals surface area contributed by atoms with Crippen molar-refractivity contribution >= 4 is 22.7 Å². The molecule has 5 heteroatoms. The van der Waals surface area contributed by atoms with Gasteiger partial charge in [0.25, 0.3) is 0 Å². The van der Waals surface area contributed by atoms with Crippen LogP contribution in [-0.4, -0.2) is 9.07 Å². The highest BCUT2D eigenvalue weighted by atomic mass is 35.5. The van der Waals surface area contributed by atoms with Crippen LogP contribution >= 0.6 is 11.8 Å². The van der Waals surface area contributed by atoms with E-state index in [0.717, 1.165) is 0 Å². The van der Waals surface area contributed by atoms with Crippen LogP contribution in [0.1, 0.15) is 0 Å². The van der Waals surface area contributed by atoms with Gasteiger partial charge in [-0.05, 0) is 23.8 Å². The Morgan fingerprint density at radius 3 is 2.63 bits per heavy atom. The molecule has 0 aliphatic carbocycles. The number of benzene rings is 1. The molecule has 0 saturated carbocycles. The number of rotatable bonds is 1. The van der Waals surface area contributed by atoms with Crippen molar-refractivity contribution in [3.8, 4) is 11.1 Å². The molecule has 0 aliphatic rings. The number of nitrogens with zero attached hydrogens (tertiary/aromatic N) is 2. The Bertz CT molecular complexity index is 812. The van der Waals surface area contributed by atoms with Gasteiger partial charge in [0, 0.05) is 35.9 Å². The summed E-state index contributed by atoms with van der Waals surface area (Å²) in [7, 11) is 0. The summed E-state index contributed by atoms with van der Waals surface area (Å²) in [5, 5.41) is 0.430. The second kappa shape index (κ2) is 4.48. The lowest BCUT2D eigenvalue weighted by Gasteiger charge is -2.06. The fourth-order valence-corrected chi connectivity index (χ4v) is 2.22. The Balaban J connectivity index is 2.34. The molecule has 3 nitrogen and oxygen atoms in total. The van der Waals surface area contributed by atoms with Gasteiger partial charge in [-0.1, -0.05) is 12.1 Å². The summed E-state index contributed by atoms with van der Waals surface area (Å²) in [6.07, 6.45) is 4.57. The molecule has 0 unspecified atom stereocenters. The predicted octanol–water partition coefficient (Wildman–Crippen LogP) is 3.20. The standard InChI is InChI=1S/C14H8ClFN2O/c15-18-8-12(9-1-3-10(16)4-2-9)14(19)11-7-17-6-5-13(11)18/h1-8H. The molecule has 2 heterocycles. The summed E-state index contributed by atoms with van der Waals surface area (Å²) in [5.41, 5.74) is 1.45. The van der Waals surface area contributed by atoms with E-state index in [4.69, 9.17) is 11.8 Å². The second-order valence-electron chi connectivity index (χ2n) is 4.08. The number of aromatic nitrogens is 2. The monoisotopic (exact) mass is 274 g/mol. The van der Waals surface area contributed by atoms with Crippen molar-refractivity contribution < 1.29 is 4.39 Å². The Labute approximate surface area is 113 Å². The minimum atomic E-state index is -0.350. The van der Waals surface area contributed by atoms with E-state index in [1.165, 1.54) is 28.6 Å². The van der Waals surface area contributed by atoms with Gasteiger partial charge in [-0.25, -0.2) is 4.39 Å². The van der Waals surface area contributed by atoms with Crippen LogP contribution in [0.2, 0.25) is 0 Å². The van der Waals surface area contributed by atoms with Crippen LogP contribution in [0.3, 0.4) is 0 Å². The highest BCUT2D eigenvalue weighted by Crippen LogP contribution is 2.20. The van der Waals surface area contributed by atoms with Crippen LogP contribution in [0.15, 0.2) is 53.7 Å². The lowest BCUT2D eigenvalue weighted by Crippen LogP contribution is -2.08. The molecule has 0 bridgehead atoms. The van der Waals surface area contributed by atoms with Gasteiger partial charge in [0.15, 0.2) is 5.43 Å². The molecule has 0 radical (unpaired) electrons. The van der Waals surface area contributed by atoms with Crippen LogP contribution in [-0.2, 0) is 0 Å². The molecule has 0 saturated heterocycles. The molecule has 3 aromatic rings. The molecule has 0 aliphatic heterocycles. The van der Waals surface area contributed by atoms with E-state index in [0.29, 0.717) is 22.0 Å². The summed E-state index contributed by atoms with van der Waals surface area (Å²) < 4.78 is 14.3. The molecule has 0 N–H and O–H groups in total.